The lowest BCUT2D eigenvalue weighted by molar-refractivity contribution is -0.0281. The Morgan fingerprint density at radius 1 is 1.04 bits per heavy atom. The van der Waals surface area contributed by atoms with Gasteiger partial charge in [0.05, 0.1) is 18.2 Å². The van der Waals surface area contributed by atoms with Gasteiger partial charge < -0.3 is 9.64 Å². The third kappa shape index (κ3) is 6.76. The van der Waals surface area contributed by atoms with Gasteiger partial charge in [0, 0.05) is 25.7 Å². The summed E-state index contributed by atoms with van der Waals surface area (Å²) in [5, 5.41) is 0. The molecular formula is C22H43FN2O. The molecular weight excluding hydrogens is 327 g/mol. The van der Waals surface area contributed by atoms with Crippen LogP contribution < -0.4 is 0 Å². The van der Waals surface area contributed by atoms with Gasteiger partial charge in [-0.1, -0.05) is 0 Å². The number of nitrogens with zero attached hydrogens (tertiary/aromatic N) is 2. The third-order valence-electron chi connectivity index (χ3n) is 6.31. The molecule has 2 fully saturated rings. The van der Waals surface area contributed by atoms with Crippen LogP contribution >= 0.6 is 0 Å². The van der Waals surface area contributed by atoms with Crippen LogP contribution in [0.3, 0.4) is 0 Å². The van der Waals surface area contributed by atoms with Crippen molar-refractivity contribution in [2.45, 2.75) is 110 Å². The van der Waals surface area contributed by atoms with E-state index in [1.54, 1.807) is 13.8 Å². The zero-order valence-electron chi connectivity index (χ0n) is 18.1. The quantitative estimate of drug-likeness (QED) is 0.605. The number of hydrogen-bond donors (Lipinski definition) is 0. The molecule has 0 spiro atoms. The van der Waals surface area contributed by atoms with E-state index in [4.69, 9.17) is 4.74 Å². The zero-order chi connectivity index (χ0) is 19.3. The summed E-state index contributed by atoms with van der Waals surface area (Å²) in [4.78, 5) is 4.85. The molecule has 0 aromatic heterocycles. The molecule has 1 saturated carbocycles. The Balaban J connectivity index is 1.70. The van der Waals surface area contributed by atoms with E-state index in [0.717, 1.165) is 32.1 Å². The second kappa shape index (κ2) is 9.84. The van der Waals surface area contributed by atoms with Crippen LogP contribution in [0.1, 0.15) is 80.1 Å². The topological polar surface area (TPSA) is 15.7 Å². The van der Waals surface area contributed by atoms with Crippen LogP contribution in [0.4, 0.5) is 4.39 Å². The average Bonchev–Trinajstić information content (AvgIpc) is 2.55. The van der Waals surface area contributed by atoms with Gasteiger partial charge in [0.15, 0.2) is 0 Å². The lowest BCUT2D eigenvalue weighted by Crippen LogP contribution is -2.61. The van der Waals surface area contributed by atoms with Crippen molar-refractivity contribution in [3.05, 3.63) is 0 Å². The smallest absolute Gasteiger partial charge is 0.122 e. The molecule has 2 aliphatic rings. The van der Waals surface area contributed by atoms with Crippen LogP contribution in [0, 0.1) is 5.92 Å². The lowest BCUT2D eigenvalue weighted by Gasteiger charge is -2.47. The fourth-order valence-electron chi connectivity index (χ4n) is 4.83. The highest BCUT2D eigenvalue weighted by Crippen LogP contribution is 2.31. The van der Waals surface area contributed by atoms with Crippen molar-refractivity contribution < 1.29 is 9.13 Å². The Kier molecular flexibility index (Phi) is 8.36. The van der Waals surface area contributed by atoms with Crippen molar-refractivity contribution in [2.24, 2.45) is 5.92 Å². The van der Waals surface area contributed by atoms with E-state index >= 15 is 0 Å². The highest BCUT2D eigenvalue weighted by Gasteiger charge is 2.39. The minimum Gasteiger partial charge on any atom is -0.376 e. The van der Waals surface area contributed by atoms with E-state index in [-0.39, 0.29) is 6.04 Å². The van der Waals surface area contributed by atoms with Gasteiger partial charge in [-0.15, -0.1) is 0 Å². The Morgan fingerprint density at radius 2 is 1.69 bits per heavy atom. The molecule has 3 nitrogen and oxygen atoms in total. The first-order chi connectivity index (χ1) is 12.2. The summed E-state index contributed by atoms with van der Waals surface area (Å²) < 4.78 is 20.7. The molecule has 0 amide bonds. The molecule has 0 aromatic rings. The molecule has 1 atom stereocenters. The molecule has 1 saturated heterocycles. The van der Waals surface area contributed by atoms with E-state index in [2.05, 4.69) is 37.5 Å². The van der Waals surface area contributed by atoms with E-state index in [1.807, 2.05) is 0 Å². The number of hydrogen-bond acceptors (Lipinski definition) is 3. The monoisotopic (exact) mass is 370 g/mol. The summed E-state index contributed by atoms with van der Waals surface area (Å²) in [6.45, 7) is 16.2. The highest BCUT2D eigenvalue weighted by atomic mass is 19.1. The van der Waals surface area contributed by atoms with Gasteiger partial charge in [-0.2, -0.15) is 0 Å². The minimum absolute atomic E-state index is 0.0138. The van der Waals surface area contributed by atoms with Gasteiger partial charge in [0.25, 0.3) is 0 Å². The molecule has 4 heteroatoms. The van der Waals surface area contributed by atoms with Crippen molar-refractivity contribution in [1.29, 1.82) is 0 Å². The lowest BCUT2D eigenvalue weighted by atomic mass is 9.84. The average molecular weight is 371 g/mol. The first kappa shape index (κ1) is 22.1. The predicted molar refractivity (Wildman–Crippen MR) is 108 cm³/mol. The SMILES string of the molecule is CC(C)OC1CCC(CCCN2CCN(C(C)C)C(C(C)(C)F)C2)CC1. The van der Waals surface area contributed by atoms with E-state index < -0.39 is 5.67 Å². The molecule has 1 aliphatic heterocycles. The predicted octanol–water partition coefficient (Wildman–Crippen LogP) is 4.89. The van der Waals surface area contributed by atoms with Gasteiger partial charge in [-0.3, -0.25) is 4.90 Å². The maximum Gasteiger partial charge on any atom is 0.122 e. The number of halogens is 1. The van der Waals surface area contributed by atoms with E-state index in [0.29, 0.717) is 18.2 Å². The normalized spacial score (nSPS) is 29.7. The first-order valence-electron chi connectivity index (χ1n) is 11.0. The Bertz CT molecular complexity index is 399. The summed E-state index contributed by atoms with van der Waals surface area (Å²) in [5.74, 6) is 0.868. The summed E-state index contributed by atoms with van der Waals surface area (Å²) in [6, 6.07) is 0.431. The third-order valence-corrected chi connectivity index (χ3v) is 6.31. The standard InChI is InChI=1S/C22H43FN2O/c1-17(2)25-15-14-24(16-21(25)22(5,6)23)13-7-8-19-9-11-20(12-10-19)26-18(3)4/h17-21H,7-16H2,1-6H3. The van der Waals surface area contributed by atoms with Gasteiger partial charge in [0.1, 0.15) is 5.67 Å². The molecule has 0 radical (unpaired) electrons. The second-order valence-electron chi connectivity index (χ2n) is 9.68. The molecule has 0 aromatic carbocycles. The molecule has 26 heavy (non-hydrogen) atoms. The molecule has 1 aliphatic carbocycles. The number of ether oxygens (including phenoxy) is 1. The second-order valence-corrected chi connectivity index (χ2v) is 9.68. The summed E-state index contributed by atoms with van der Waals surface area (Å²) in [5.41, 5.74) is -1.14. The van der Waals surface area contributed by atoms with Gasteiger partial charge in [-0.25, -0.2) is 4.39 Å². The Hall–Kier alpha value is -0.190. The van der Waals surface area contributed by atoms with Crippen molar-refractivity contribution in [3.8, 4) is 0 Å². The molecule has 154 valence electrons. The highest BCUT2D eigenvalue weighted by molar-refractivity contribution is 4.94. The van der Waals surface area contributed by atoms with E-state index in [1.165, 1.54) is 38.5 Å². The molecule has 1 heterocycles. The largest absolute Gasteiger partial charge is 0.376 e. The van der Waals surface area contributed by atoms with Crippen LogP contribution in [-0.2, 0) is 4.74 Å². The van der Waals surface area contributed by atoms with Gasteiger partial charge in [-0.05, 0) is 92.5 Å². The van der Waals surface area contributed by atoms with Crippen LogP contribution in [0.25, 0.3) is 0 Å². The maximum absolute atomic E-state index is 14.7. The van der Waals surface area contributed by atoms with Crippen LogP contribution in [0.2, 0.25) is 0 Å². The first-order valence-corrected chi connectivity index (χ1v) is 11.0. The van der Waals surface area contributed by atoms with Crippen LogP contribution in [0.15, 0.2) is 0 Å². The van der Waals surface area contributed by atoms with Crippen LogP contribution in [-0.4, -0.2) is 65.9 Å². The molecule has 1 unspecified atom stereocenters. The van der Waals surface area contributed by atoms with Crippen molar-refractivity contribution >= 4 is 0 Å². The summed E-state index contributed by atoms with van der Waals surface area (Å²) in [6.07, 6.45) is 8.51. The van der Waals surface area contributed by atoms with Crippen LogP contribution in [0.5, 0.6) is 0 Å². The molecule has 0 N–H and O–H groups in total. The Morgan fingerprint density at radius 3 is 2.23 bits per heavy atom. The summed E-state index contributed by atoms with van der Waals surface area (Å²) >= 11 is 0. The van der Waals surface area contributed by atoms with E-state index in [9.17, 15) is 4.39 Å². The summed E-state index contributed by atoms with van der Waals surface area (Å²) in [7, 11) is 0. The Labute approximate surface area is 161 Å². The fraction of sp³-hybridized carbons (Fsp3) is 1.00. The van der Waals surface area contributed by atoms with Crippen molar-refractivity contribution in [1.82, 2.24) is 9.80 Å². The van der Waals surface area contributed by atoms with Crippen molar-refractivity contribution in [2.75, 3.05) is 26.2 Å². The zero-order valence-corrected chi connectivity index (χ0v) is 18.1. The van der Waals surface area contributed by atoms with Gasteiger partial charge >= 0.3 is 0 Å². The number of alkyl halides is 1. The molecule has 0 bridgehead atoms. The maximum atomic E-state index is 14.7. The minimum atomic E-state index is -1.14. The van der Waals surface area contributed by atoms with Crippen molar-refractivity contribution in [3.63, 3.8) is 0 Å². The van der Waals surface area contributed by atoms with Gasteiger partial charge in [0.2, 0.25) is 0 Å². The fourth-order valence-corrected chi connectivity index (χ4v) is 4.83. The molecule has 2 rings (SSSR count). The number of rotatable bonds is 8. The number of piperazine rings is 1.